The zero-order chi connectivity index (χ0) is 12.3. The molecule has 2 rings (SSSR count). The fourth-order valence-electron chi connectivity index (χ4n) is 3.04. The van der Waals surface area contributed by atoms with Gasteiger partial charge in [-0.2, -0.15) is 11.8 Å². The van der Waals surface area contributed by atoms with Crippen LogP contribution in [0.4, 0.5) is 0 Å². The van der Waals surface area contributed by atoms with Gasteiger partial charge in [-0.3, -0.25) is 4.90 Å². The molecule has 0 amide bonds. The molecule has 2 unspecified atom stereocenters. The molecule has 0 aromatic heterocycles. The molecule has 0 spiro atoms. The Kier molecular flexibility index (Phi) is 4.79. The second kappa shape index (κ2) is 5.94. The predicted molar refractivity (Wildman–Crippen MR) is 77.8 cm³/mol. The van der Waals surface area contributed by atoms with E-state index < -0.39 is 0 Å². The molecule has 100 valence electrons. The maximum atomic E-state index is 3.79. The molecule has 17 heavy (non-hydrogen) atoms. The summed E-state index contributed by atoms with van der Waals surface area (Å²) in [5.74, 6) is 2.63. The first kappa shape index (κ1) is 13.7. The van der Waals surface area contributed by atoms with Gasteiger partial charge in [-0.1, -0.05) is 13.8 Å². The Balaban J connectivity index is 1.70. The van der Waals surface area contributed by atoms with Crippen LogP contribution in [0.15, 0.2) is 0 Å². The van der Waals surface area contributed by atoms with Crippen molar-refractivity contribution < 1.29 is 0 Å². The van der Waals surface area contributed by atoms with Crippen LogP contribution in [0.3, 0.4) is 0 Å². The first-order chi connectivity index (χ1) is 8.07. The third-order valence-corrected chi connectivity index (χ3v) is 5.70. The van der Waals surface area contributed by atoms with Gasteiger partial charge in [-0.15, -0.1) is 0 Å². The maximum absolute atomic E-state index is 3.79. The number of nitrogens with zero attached hydrogens (tertiary/aromatic N) is 1. The van der Waals surface area contributed by atoms with Gasteiger partial charge in [0.15, 0.2) is 0 Å². The molecule has 2 aliphatic rings. The summed E-state index contributed by atoms with van der Waals surface area (Å²) < 4.78 is 0. The highest BCUT2D eigenvalue weighted by Crippen LogP contribution is 2.33. The molecule has 2 fully saturated rings. The molecular formula is C14H28N2S. The molecule has 2 atom stereocenters. The fourth-order valence-corrected chi connectivity index (χ4v) is 4.35. The van der Waals surface area contributed by atoms with Gasteiger partial charge in [-0.25, -0.2) is 0 Å². The van der Waals surface area contributed by atoms with Crippen molar-refractivity contribution in [2.75, 3.05) is 31.1 Å². The van der Waals surface area contributed by atoms with E-state index in [4.69, 9.17) is 0 Å². The van der Waals surface area contributed by atoms with Crippen LogP contribution in [0.1, 0.15) is 40.0 Å². The monoisotopic (exact) mass is 256 g/mol. The van der Waals surface area contributed by atoms with E-state index in [2.05, 4.69) is 42.7 Å². The molecule has 0 saturated carbocycles. The minimum atomic E-state index is 0.525. The Morgan fingerprint density at radius 2 is 2.06 bits per heavy atom. The molecule has 2 aliphatic heterocycles. The van der Waals surface area contributed by atoms with E-state index in [9.17, 15) is 0 Å². The summed E-state index contributed by atoms with van der Waals surface area (Å²) in [6, 6.07) is 1.45. The number of nitrogens with one attached hydrogen (secondary N) is 1. The van der Waals surface area contributed by atoms with Crippen molar-refractivity contribution in [2.45, 2.75) is 52.1 Å². The van der Waals surface area contributed by atoms with Crippen LogP contribution in [-0.4, -0.2) is 48.1 Å². The van der Waals surface area contributed by atoms with Crippen LogP contribution in [-0.2, 0) is 0 Å². The van der Waals surface area contributed by atoms with Gasteiger partial charge in [-0.05, 0) is 50.4 Å². The topological polar surface area (TPSA) is 15.3 Å². The van der Waals surface area contributed by atoms with E-state index >= 15 is 0 Å². The van der Waals surface area contributed by atoms with E-state index in [1.165, 1.54) is 50.4 Å². The van der Waals surface area contributed by atoms with Crippen LogP contribution in [0.5, 0.6) is 0 Å². The van der Waals surface area contributed by atoms with Crippen LogP contribution in [0.2, 0.25) is 0 Å². The van der Waals surface area contributed by atoms with Crippen LogP contribution in [0, 0.1) is 5.41 Å². The third kappa shape index (κ3) is 4.15. The average molecular weight is 256 g/mol. The third-order valence-electron chi connectivity index (χ3n) is 4.08. The SMILES string of the molecule is CC(CNC1CSCC(C)(C)C1)N1CCCC1. The van der Waals surface area contributed by atoms with Crippen LogP contribution in [0.25, 0.3) is 0 Å². The second-order valence-corrected chi connectivity index (χ2v) is 7.61. The summed E-state index contributed by atoms with van der Waals surface area (Å²) in [6.45, 7) is 11.0. The zero-order valence-corrected chi connectivity index (χ0v) is 12.5. The molecular weight excluding hydrogens is 228 g/mol. The predicted octanol–water partition coefficient (Wildman–Crippen LogP) is 2.59. The molecule has 0 aromatic carbocycles. The number of likely N-dealkylation sites (tertiary alicyclic amines) is 1. The number of hydrogen-bond donors (Lipinski definition) is 1. The molecule has 2 heterocycles. The first-order valence-electron chi connectivity index (χ1n) is 7.12. The first-order valence-corrected chi connectivity index (χ1v) is 8.27. The second-order valence-electron chi connectivity index (χ2n) is 6.58. The van der Waals surface area contributed by atoms with Gasteiger partial charge in [0, 0.05) is 24.4 Å². The molecule has 0 aliphatic carbocycles. The van der Waals surface area contributed by atoms with E-state index in [1.54, 1.807) is 0 Å². The molecule has 2 saturated heterocycles. The van der Waals surface area contributed by atoms with Crippen LogP contribution >= 0.6 is 11.8 Å². The lowest BCUT2D eigenvalue weighted by Crippen LogP contribution is -2.46. The Bertz CT molecular complexity index is 236. The molecule has 3 heteroatoms. The summed E-state index contributed by atoms with van der Waals surface area (Å²) in [7, 11) is 0. The van der Waals surface area contributed by atoms with Crippen LogP contribution < -0.4 is 5.32 Å². The molecule has 0 aromatic rings. The number of rotatable bonds is 4. The highest BCUT2D eigenvalue weighted by Gasteiger charge is 2.28. The highest BCUT2D eigenvalue weighted by molar-refractivity contribution is 7.99. The normalized spacial score (nSPS) is 31.6. The van der Waals surface area contributed by atoms with E-state index in [-0.39, 0.29) is 0 Å². The van der Waals surface area contributed by atoms with Gasteiger partial charge >= 0.3 is 0 Å². The lowest BCUT2D eigenvalue weighted by molar-refractivity contribution is 0.235. The molecule has 0 bridgehead atoms. The quantitative estimate of drug-likeness (QED) is 0.832. The van der Waals surface area contributed by atoms with Crippen molar-refractivity contribution in [1.82, 2.24) is 10.2 Å². The summed E-state index contributed by atoms with van der Waals surface area (Å²) in [5.41, 5.74) is 0.525. The van der Waals surface area contributed by atoms with E-state index in [1.807, 2.05) is 0 Å². The van der Waals surface area contributed by atoms with Gasteiger partial charge in [0.2, 0.25) is 0 Å². The van der Waals surface area contributed by atoms with Crippen molar-refractivity contribution >= 4 is 11.8 Å². The van der Waals surface area contributed by atoms with Gasteiger partial charge < -0.3 is 5.32 Å². The Morgan fingerprint density at radius 1 is 1.35 bits per heavy atom. The summed E-state index contributed by atoms with van der Waals surface area (Å²) in [5, 5.41) is 3.79. The van der Waals surface area contributed by atoms with Crippen molar-refractivity contribution in [1.29, 1.82) is 0 Å². The lowest BCUT2D eigenvalue weighted by atomic mass is 9.88. The number of thioether (sulfide) groups is 1. The largest absolute Gasteiger partial charge is 0.312 e. The minimum Gasteiger partial charge on any atom is -0.312 e. The van der Waals surface area contributed by atoms with Crippen molar-refractivity contribution in [3.63, 3.8) is 0 Å². The lowest BCUT2D eigenvalue weighted by Gasteiger charge is -2.36. The van der Waals surface area contributed by atoms with Gasteiger partial charge in [0.05, 0.1) is 0 Å². The Hall–Kier alpha value is 0.270. The zero-order valence-electron chi connectivity index (χ0n) is 11.7. The minimum absolute atomic E-state index is 0.525. The highest BCUT2D eigenvalue weighted by atomic mass is 32.2. The number of hydrogen-bond acceptors (Lipinski definition) is 3. The Labute approximate surface area is 111 Å². The molecule has 1 N–H and O–H groups in total. The fraction of sp³-hybridized carbons (Fsp3) is 1.00. The van der Waals surface area contributed by atoms with E-state index in [0.29, 0.717) is 11.5 Å². The summed E-state index contributed by atoms with van der Waals surface area (Å²) in [6.07, 6.45) is 4.14. The Morgan fingerprint density at radius 3 is 2.71 bits per heavy atom. The summed E-state index contributed by atoms with van der Waals surface area (Å²) >= 11 is 2.12. The van der Waals surface area contributed by atoms with Crippen molar-refractivity contribution in [3.8, 4) is 0 Å². The summed E-state index contributed by atoms with van der Waals surface area (Å²) in [4.78, 5) is 2.63. The van der Waals surface area contributed by atoms with Crippen molar-refractivity contribution in [3.05, 3.63) is 0 Å². The molecule has 0 radical (unpaired) electrons. The average Bonchev–Trinajstić information content (AvgIpc) is 2.78. The van der Waals surface area contributed by atoms with Crippen molar-refractivity contribution in [2.24, 2.45) is 5.41 Å². The standard InChI is InChI=1S/C14H28N2S/c1-12(16-6-4-5-7-16)9-15-13-8-14(2,3)11-17-10-13/h12-13,15H,4-11H2,1-3H3. The maximum Gasteiger partial charge on any atom is 0.0192 e. The van der Waals surface area contributed by atoms with E-state index in [0.717, 1.165) is 6.04 Å². The van der Waals surface area contributed by atoms with Gasteiger partial charge in [0.1, 0.15) is 0 Å². The molecule has 2 nitrogen and oxygen atoms in total. The van der Waals surface area contributed by atoms with Gasteiger partial charge in [0.25, 0.3) is 0 Å². The smallest absolute Gasteiger partial charge is 0.0192 e.